The van der Waals surface area contributed by atoms with Gasteiger partial charge in [-0.3, -0.25) is 38.5 Å². The van der Waals surface area contributed by atoms with Crippen molar-refractivity contribution in [1.29, 1.82) is 0 Å². The molecule has 14 atom stereocenters. The van der Waals surface area contributed by atoms with Crippen molar-refractivity contribution in [2.75, 3.05) is 57.3 Å². The lowest BCUT2D eigenvalue weighted by atomic mass is 9.71. The number of β-amino-alcohol motifs (C(OH)–C–C–N with tert-alkyl or cyclic N) is 1. The van der Waals surface area contributed by atoms with Gasteiger partial charge in [0.25, 0.3) is 5.91 Å². The Kier molecular flexibility index (Phi) is 22.4. The number of carbonyl (C=O) groups excluding carboxylic acids is 7. The molecule has 0 radical (unpaired) electrons. The number of hydrogen-bond acceptors (Lipinski definition) is 20. The fourth-order valence-electron chi connectivity index (χ4n) is 12.1. The summed E-state index contributed by atoms with van der Waals surface area (Å²) in [6.45, 7) is 17.8. The second kappa shape index (κ2) is 28.8. The number of phenols is 1. The zero-order chi connectivity index (χ0) is 62.2. The minimum atomic E-state index is -2.66. The first kappa shape index (κ1) is 66.1. The number of amides is 7. The molecule has 28 nitrogen and oxygen atoms in total. The quantitative estimate of drug-likeness (QED) is 0.0557. The molecule has 7 rings (SSSR count). The standard InChI is InChI=1S/C56H80N10O18S/c1-29-27-66-47(48(29)73)53(78)58-25-36(68)23-38(59-49(74)32-8-12-34(13-9-32)63-17-19-64(20-18-63)35-14-10-33(11-15-35)56(3,4)5)50(75)60-44(30(2)67)54(79)65-28-37(69)24-39(65)51(76)61-45(52(77)62-46(55(66)80)42(72)26-57-6)41(71)21-31-7-16-40(70)43(22-31)85(82)84-83-81/h7-9,12-13,16,22,29-30,33,35-39,41-42,44-48,67-73,81H,10-11,14-15,17-21,23-28H2,1-5H3,(H,58,78)(H,59,74)(H,60,75)(H,61,76)(H,62,77)/t29?,30?,33?,35?,36-,37?,38-,39?,41+,42+,44?,45?,46-,47?,48-,85?/m0/s1. The van der Waals surface area contributed by atoms with E-state index in [0.29, 0.717) is 12.0 Å². The van der Waals surface area contributed by atoms with E-state index in [9.17, 15) is 73.5 Å². The molecule has 4 heterocycles. The Hall–Kier alpha value is -6.43. The van der Waals surface area contributed by atoms with E-state index in [1.54, 1.807) is 24.3 Å². The topological polar surface area (TPSA) is 394 Å². The van der Waals surface area contributed by atoms with Gasteiger partial charge in [0.05, 0.1) is 30.5 Å². The van der Waals surface area contributed by atoms with Crippen molar-refractivity contribution in [1.82, 2.24) is 41.3 Å². The van der Waals surface area contributed by atoms with Gasteiger partial charge < -0.3 is 81.9 Å². The van der Waals surface area contributed by atoms with Gasteiger partial charge in [-0.15, -0.1) is 0 Å². The number of fused-ring (bicyclic) bond motifs is 2. The molecule has 7 amide bonds. The molecule has 2 aromatic rings. The summed E-state index contributed by atoms with van der Waals surface area (Å²) >= 11 is -2.66. The van der Waals surface area contributed by atoms with Crippen LogP contribution in [0.2, 0.25) is 0 Å². The fraction of sp³-hybridized carbons (Fsp3) is 0.643. The third-order valence-electron chi connectivity index (χ3n) is 17.0. The smallest absolute Gasteiger partial charge is 0.251 e. The van der Waals surface area contributed by atoms with Crippen LogP contribution < -0.4 is 31.5 Å². The van der Waals surface area contributed by atoms with Crippen molar-refractivity contribution in [2.24, 2.45) is 17.3 Å². The van der Waals surface area contributed by atoms with Crippen LogP contribution in [0.4, 0.5) is 5.69 Å². The van der Waals surface area contributed by atoms with Crippen LogP contribution in [0.3, 0.4) is 0 Å². The minimum absolute atomic E-state index is 0.00125. The average Bonchev–Trinajstić information content (AvgIpc) is 2.09. The molecular formula is C56H80N10O18S. The number of nitrogens with one attached hydrogen (secondary N) is 5. The first-order valence-corrected chi connectivity index (χ1v) is 29.6. The number of hydrogen-bond donors (Lipinski definition) is 13. The zero-order valence-corrected chi connectivity index (χ0v) is 48.9. The number of aromatic hydroxyl groups is 1. The van der Waals surface area contributed by atoms with Crippen LogP contribution in [-0.2, 0) is 55.6 Å². The predicted molar refractivity (Wildman–Crippen MR) is 301 cm³/mol. The van der Waals surface area contributed by atoms with E-state index in [4.69, 9.17) is 11.8 Å². The molecule has 1 saturated carbocycles. The highest BCUT2D eigenvalue weighted by atomic mass is 32.2. The average molecular weight is 1210 g/mol. The Morgan fingerprint density at radius 2 is 1.44 bits per heavy atom. The summed E-state index contributed by atoms with van der Waals surface area (Å²) in [6.07, 6.45) is -7.62. The van der Waals surface area contributed by atoms with Gasteiger partial charge in [0.15, 0.2) is 6.10 Å². The number of piperazine rings is 1. The lowest BCUT2D eigenvalue weighted by molar-refractivity contribution is -0.435. The van der Waals surface area contributed by atoms with Crippen LogP contribution in [0.25, 0.3) is 4.85 Å². The Labute approximate surface area is 494 Å². The Balaban J connectivity index is 1.17. The second-order valence-electron chi connectivity index (χ2n) is 24.0. The molecule has 0 aromatic heterocycles. The predicted octanol–water partition coefficient (Wildman–Crippen LogP) is -2.57. The summed E-state index contributed by atoms with van der Waals surface area (Å²) < 4.78 is 16.7. The zero-order valence-electron chi connectivity index (χ0n) is 48.1. The highest BCUT2D eigenvalue weighted by molar-refractivity contribution is 7.80. The molecule has 4 saturated heterocycles. The molecule has 5 aliphatic rings. The Morgan fingerprint density at radius 3 is 2.06 bits per heavy atom. The van der Waals surface area contributed by atoms with Crippen molar-refractivity contribution in [3.8, 4) is 5.75 Å². The minimum Gasteiger partial charge on any atom is -0.507 e. The molecule has 85 heavy (non-hydrogen) atoms. The van der Waals surface area contributed by atoms with Gasteiger partial charge in [-0.05, 0) is 85.9 Å². The van der Waals surface area contributed by atoms with E-state index in [0.717, 1.165) is 73.6 Å². The van der Waals surface area contributed by atoms with Crippen molar-refractivity contribution < 1.29 is 88.1 Å². The summed E-state index contributed by atoms with van der Waals surface area (Å²) in [5.41, 5.74) is 1.26. The number of anilines is 1. The molecular weight excluding hydrogens is 1130 g/mol. The Bertz CT molecular complexity index is 2790. The summed E-state index contributed by atoms with van der Waals surface area (Å²) in [7, 11) is 0. The fourth-order valence-corrected chi connectivity index (χ4v) is 12.7. The lowest BCUT2D eigenvalue weighted by Crippen LogP contribution is -2.64. The summed E-state index contributed by atoms with van der Waals surface area (Å²) in [4.78, 5) is 110. The van der Waals surface area contributed by atoms with Gasteiger partial charge >= 0.3 is 0 Å². The van der Waals surface area contributed by atoms with Crippen LogP contribution in [0.1, 0.15) is 89.1 Å². The summed E-state index contributed by atoms with van der Waals surface area (Å²) in [5, 5.41) is 103. The van der Waals surface area contributed by atoms with Gasteiger partial charge in [-0.2, -0.15) is 0 Å². The first-order chi connectivity index (χ1) is 40.2. The van der Waals surface area contributed by atoms with E-state index in [1.807, 2.05) is 0 Å². The van der Waals surface area contributed by atoms with Crippen LogP contribution >= 0.6 is 0 Å². The van der Waals surface area contributed by atoms with Crippen molar-refractivity contribution in [3.63, 3.8) is 0 Å². The van der Waals surface area contributed by atoms with Gasteiger partial charge in [-0.25, -0.2) is 16.0 Å². The van der Waals surface area contributed by atoms with Gasteiger partial charge in [-0.1, -0.05) is 43.1 Å². The van der Waals surface area contributed by atoms with E-state index in [1.165, 1.54) is 25.8 Å². The summed E-state index contributed by atoms with van der Waals surface area (Å²) in [5.74, 6) is -8.70. The van der Waals surface area contributed by atoms with E-state index < -0.39 is 181 Å². The van der Waals surface area contributed by atoms with Crippen LogP contribution in [0, 0.1) is 23.8 Å². The van der Waals surface area contributed by atoms with Gasteiger partial charge in [0.1, 0.15) is 46.9 Å². The molecule has 8 unspecified atom stereocenters. The maximum atomic E-state index is 14.6. The largest absolute Gasteiger partial charge is 0.507 e. The molecule has 0 spiro atoms. The first-order valence-electron chi connectivity index (χ1n) is 28.5. The van der Waals surface area contributed by atoms with Gasteiger partial charge in [0, 0.05) is 88.3 Å². The van der Waals surface area contributed by atoms with Crippen molar-refractivity contribution in [3.05, 3.63) is 65.0 Å². The number of carbonyl (C=O) groups is 7. The third kappa shape index (κ3) is 16.2. The molecule has 468 valence electrons. The molecule has 2 aromatic carbocycles. The highest BCUT2D eigenvalue weighted by Crippen LogP contribution is 2.39. The molecule has 5 fully saturated rings. The van der Waals surface area contributed by atoms with Crippen LogP contribution in [0.15, 0.2) is 47.4 Å². The highest BCUT2D eigenvalue weighted by Gasteiger charge is 2.50. The maximum Gasteiger partial charge on any atom is 0.251 e. The van der Waals surface area contributed by atoms with Gasteiger partial charge in [0.2, 0.25) is 53.1 Å². The second-order valence-corrected chi connectivity index (χ2v) is 25.0. The number of benzene rings is 2. The normalized spacial score (nSPS) is 30.5. The molecule has 1 aliphatic carbocycles. The monoisotopic (exact) mass is 1210 g/mol. The molecule has 0 bridgehead atoms. The summed E-state index contributed by atoms with van der Waals surface area (Å²) in [6, 6.07) is -0.970. The SMILES string of the molecule is [C-]#[N+]C[C@@H](O)[C@@H]1NC(=O)C([C@H](O)Cc2ccc(O)c(S(=O)OOO)c2)NC(=O)C2CC(O)CN2C(=O)C(C(C)O)NC(=O)[C@@H](NC(=O)c2ccc(N3CCN(C4CCC(C(C)(C)C)CC4)CC3)cc2)C[C@H](O)CNC(=O)C2[C@@H](O)C(C)CN2C1=O. The van der Waals surface area contributed by atoms with Crippen LogP contribution in [-0.4, -0.2) is 233 Å². The number of aliphatic hydroxyl groups is 6. The third-order valence-corrected chi connectivity index (χ3v) is 17.9. The maximum absolute atomic E-state index is 14.6. The Morgan fingerprint density at radius 1 is 0.800 bits per heavy atom. The van der Waals surface area contributed by atoms with Crippen molar-refractivity contribution >= 4 is 58.1 Å². The number of nitrogens with zero attached hydrogens (tertiary/aromatic N) is 5. The van der Waals surface area contributed by atoms with Crippen molar-refractivity contribution in [2.45, 2.75) is 163 Å². The number of phenolic OH excluding ortho intramolecular Hbond substituents is 1. The molecule has 29 heteroatoms. The lowest BCUT2D eigenvalue weighted by Gasteiger charge is -2.44. The van der Waals surface area contributed by atoms with E-state index in [-0.39, 0.29) is 23.1 Å². The number of rotatable bonds is 13. The van der Waals surface area contributed by atoms with E-state index in [2.05, 4.69) is 71.4 Å². The van der Waals surface area contributed by atoms with Crippen LogP contribution in [0.5, 0.6) is 5.75 Å². The molecule has 4 aliphatic heterocycles. The molecule has 13 N–H and O–H groups in total. The van der Waals surface area contributed by atoms with E-state index >= 15 is 0 Å². The number of aliphatic hydroxyl groups excluding tert-OH is 6.